The molecule has 7 nitrogen and oxygen atoms in total. The summed E-state index contributed by atoms with van der Waals surface area (Å²) in [6.45, 7) is 6.90. The SMILES string of the molecule is CC(C)(C)n1c(-c2ccccc2N=CCN)nc2cc(-c3cnc(N)nc3)ccc21. The molecule has 0 radical (unpaired) electrons. The Balaban J connectivity index is 1.94. The Labute approximate surface area is 175 Å². The van der Waals surface area contributed by atoms with Crippen molar-refractivity contribution in [3.63, 3.8) is 0 Å². The molecule has 0 spiro atoms. The number of fused-ring (bicyclic) bond motifs is 1. The zero-order chi connectivity index (χ0) is 21.3. The molecule has 0 saturated carbocycles. The maximum atomic E-state index is 5.62. The number of benzene rings is 2. The molecule has 0 unspecified atom stereocenters. The normalized spacial score (nSPS) is 12.1. The van der Waals surface area contributed by atoms with E-state index < -0.39 is 0 Å². The maximum absolute atomic E-state index is 5.62. The molecule has 0 fully saturated rings. The lowest BCUT2D eigenvalue weighted by atomic mass is 10.1. The van der Waals surface area contributed by atoms with Gasteiger partial charge in [0.2, 0.25) is 5.95 Å². The van der Waals surface area contributed by atoms with E-state index in [1.165, 1.54) is 0 Å². The number of hydrogen-bond acceptors (Lipinski definition) is 6. The van der Waals surface area contributed by atoms with Gasteiger partial charge in [0.25, 0.3) is 0 Å². The first kappa shape index (κ1) is 19.7. The van der Waals surface area contributed by atoms with Crippen molar-refractivity contribution >= 4 is 28.9 Å². The predicted molar refractivity (Wildman–Crippen MR) is 123 cm³/mol. The Morgan fingerprint density at radius 3 is 2.47 bits per heavy atom. The molecule has 0 saturated heterocycles. The lowest BCUT2D eigenvalue weighted by molar-refractivity contribution is 0.413. The lowest BCUT2D eigenvalue weighted by Gasteiger charge is -2.25. The largest absolute Gasteiger partial charge is 0.368 e. The van der Waals surface area contributed by atoms with E-state index in [1.807, 2.05) is 24.3 Å². The van der Waals surface area contributed by atoms with Crippen molar-refractivity contribution in [2.75, 3.05) is 12.3 Å². The van der Waals surface area contributed by atoms with E-state index in [4.69, 9.17) is 16.5 Å². The van der Waals surface area contributed by atoms with Crippen LogP contribution in [0.1, 0.15) is 20.8 Å². The first-order chi connectivity index (χ1) is 14.4. The third-order valence-corrected chi connectivity index (χ3v) is 4.81. The summed E-state index contributed by atoms with van der Waals surface area (Å²) >= 11 is 0. The molecular weight excluding hydrogens is 374 g/mol. The third-order valence-electron chi connectivity index (χ3n) is 4.81. The van der Waals surface area contributed by atoms with Crippen LogP contribution in [0.5, 0.6) is 0 Å². The first-order valence-electron chi connectivity index (χ1n) is 9.81. The second-order valence-electron chi connectivity index (χ2n) is 8.04. The zero-order valence-electron chi connectivity index (χ0n) is 17.4. The summed E-state index contributed by atoms with van der Waals surface area (Å²) in [7, 11) is 0. The molecule has 7 heteroatoms. The fourth-order valence-corrected chi connectivity index (χ4v) is 3.53. The molecule has 0 aliphatic rings. The van der Waals surface area contributed by atoms with Gasteiger partial charge >= 0.3 is 0 Å². The van der Waals surface area contributed by atoms with Crippen LogP contribution in [-0.4, -0.2) is 32.3 Å². The van der Waals surface area contributed by atoms with Crippen LogP contribution in [0.2, 0.25) is 0 Å². The highest BCUT2D eigenvalue weighted by Crippen LogP contribution is 2.36. The molecular formula is C23H25N7. The van der Waals surface area contributed by atoms with Gasteiger partial charge in [0.1, 0.15) is 5.82 Å². The van der Waals surface area contributed by atoms with E-state index >= 15 is 0 Å². The van der Waals surface area contributed by atoms with Gasteiger partial charge in [0.15, 0.2) is 0 Å². The van der Waals surface area contributed by atoms with Crippen LogP contribution in [0.15, 0.2) is 59.9 Å². The van der Waals surface area contributed by atoms with Gasteiger partial charge in [0, 0.05) is 41.8 Å². The van der Waals surface area contributed by atoms with Crippen molar-refractivity contribution in [1.29, 1.82) is 0 Å². The molecule has 4 rings (SSSR count). The van der Waals surface area contributed by atoms with Crippen LogP contribution >= 0.6 is 0 Å². The number of aromatic nitrogens is 4. The molecule has 2 aromatic heterocycles. The quantitative estimate of drug-likeness (QED) is 0.501. The number of aliphatic imine (C=N–C) groups is 1. The minimum absolute atomic E-state index is 0.180. The molecule has 0 bridgehead atoms. The van der Waals surface area contributed by atoms with Gasteiger partial charge < -0.3 is 16.0 Å². The van der Waals surface area contributed by atoms with Crippen molar-refractivity contribution in [2.24, 2.45) is 10.7 Å². The van der Waals surface area contributed by atoms with Crippen LogP contribution < -0.4 is 11.5 Å². The number of para-hydroxylation sites is 1. The number of nitrogen functional groups attached to an aromatic ring is 1. The standard InChI is InChI=1S/C23H25N7/c1-23(2,3)30-20-9-8-15(16-13-27-22(25)28-14-16)12-19(20)29-21(30)17-6-4-5-7-18(17)26-11-10-24/h4-9,11-14H,10,24H2,1-3H3,(H2,25,27,28). The smallest absolute Gasteiger partial charge is 0.219 e. The van der Waals surface area contributed by atoms with E-state index in [9.17, 15) is 0 Å². The van der Waals surface area contributed by atoms with Gasteiger partial charge in [-0.25, -0.2) is 15.0 Å². The fourth-order valence-electron chi connectivity index (χ4n) is 3.53. The number of hydrogen-bond donors (Lipinski definition) is 2. The Hall–Kier alpha value is -3.58. The lowest BCUT2D eigenvalue weighted by Crippen LogP contribution is -2.22. The number of anilines is 1. The minimum Gasteiger partial charge on any atom is -0.368 e. The molecule has 4 N–H and O–H groups in total. The Morgan fingerprint density at radius 1 is 1.03 bits per heavy atom. The summed E-state index contributed by atoms with van der Waals surface area (Å²) in [5.74, 6) is 1.13. The van der Waals surface area contributed by atoms with Crippen molar-refractivity contribution < 1.29 is 0 Å². The van der Waals surface area contributed by atoms with Gasteiger partial charge in [-0.2, -0.15) is 0 Å². The van der Waals surface area contributed by atoms with Crippen molar-refractivity contribution in [3.8, 4) is 22.5 Å². The fraction of sp³-hybridized carbons (Fsp3) is 0.217. The molecule has 0 amide bonds. The number of imidazole rings is 1. The summed E-state index contributed by atoms with van der Waals surface area (Å²) in [4.78, 5) is 17.8. The average molecular weight is 400 g/mol. The van der Waals surface area contributed by atoms with Crippen LogP contribution in [0, 0.1) is 0 Å². The van der Waals surface area contributed by atoms with Gasteiger partial charge in [-0.05, 0) is 50.6 Å². The summed E-state index contributed by atoms with van der Waals surface area (Å²) in [6.07, 6.45) is 5.16. The molecule has 2 aromatic carbocycles. The highest BCUT2D eigenvalue weighted by molar-refractivity contribution is 5.88. The second kappa shape index (κ2) is 7.68. The van der Waals surface area contributed by atoms with Crippen LogP contribution in [-0.2, 0) is 5.54 Å². The highest BCUT2D eigenvalue weighted by Gasteiger charge is 2.24. The Morgan fingerprint density at radius 2 is 1.77 bits per heavy atom. The number of nitrogens with two attached hydrogens (primary N) is 2. The number of nitrogens with zero attached hydrogens (tertiary/aromatic N) is 5. The van der Waals surface area contributed by atoms with E-state index in [0.717, 1.165) is 39.2 Å². The predicted octanol–water partition coefficient (Wildman–Crippen LogP) is 4.16. The van der Waals surface area contributed by atoms with E-state index in [-0.39, 0.29) is 11.5 Å². The van der Waals surface area contributed by atoms with E-state index in [0.29, 0.717) is 6.54 Å². The maximum Gasteiger partial charge on any atom is 0.219 e. The summed E-state index contributed by atoms with van der Waals surface area (Å²) in [6, 6.07) is 14.2. The van der Waals surface area contributed by atoms with Crippen LogP contribution in [0.25, 0.3) is 33.5 Å². The van der Waals surface area contributed by atoms with Gasteiger partial charge in [0.05, 0.1) is 16.7 Å². The molecule has 4 aromatic rings. The molecule has 0 aliphatic heterocycles. The Bertz CT molecular complexity index is 1210. The molecule has 0 aliphatic carbocycles. The second-order valence-corrected chi connectivity index (χ2v) is 8.04. The zero-order valence-corrected chi connectivity index (χ0v) is 17.4. The summed E-state index contributed by atoms with van der Waals surface area (Å²) < 4.78 is 2.25. The molecule has 30 heavy (non-hydrogen) atoms. The highest BCUT2D eigenvalue weighted by atomic mass is 15.1. The van der Waals surface area contributed by atoms with Gasteiger partial charge in [-0.1, -0.05) is 18.2 Å². The van der Waals surface area contributed by atoms with Crippen LogP contribution in [0.4, 0.5) is 11.6 Å². The van der Waals surface area contributed by atoms with E-state index in [1.54, 1.807) is 18.6 Å². The van der Waals surface area contributed by atoms with Crippen molar-refractivity contribution in [1.82, 2.24) is 19.5 Å². The molecule has 152 valence electrons. The topological polar surface area (TPSA) is 108 Å². The minimum atomic E-state index is -0.180. The monoisotopic (exact) mass is 399 g/mol. The first-order valence-corrected chi connectivity index (χ1v) is 9.81. The molecule has 2 heterocycles. The van der Waals surface area contributed by atoms with Crippen molar-refractivity contribution in [2.45, 2.75) is 26.3 Å². The Kier molecular flexibility index (Phi) is 5.05. The summed E-state index contributed by atoms with van der Waals surface area (Å²) in [5, 5.41) is 0. The third kappa shape index (κ3) is 3.67. The average Bonchev–Trinajstić information content (AvgIpc) is 3.12. The molecule has 0 atom stereocenters. The van der Waals surface area contributed by atoms with Gasteiger partial charge in [-0.3, -0.25) is 4.99 Å². The summed E-state index contributed by atoms with van der Waals surface area (Å²) in [5.41, 5.74) is 16.7. The van der Waals surface area contributed by atoms with E-state index in [2.05, 4.69) is 58.5 Å². The van der Waals surface area contributed by atoms with Gasteiger partial charge in [-0.15, -0.1) is 0 Å². The number of rotatable bonds is 4. The van der Waals surface area contributed by atoms with Crippen LogP contribution in [0.3, 0.4) is 0 Å². The van der Waals surface area contributed by atoms with Crippen molar-refractivity contribution in [3.05, 3.63) is 54.9 Å².